The quantitative estimate of drug-likeness (QED) is 0.878. The van der Waals surface area contributed by atoms with Crippen LogP contribution in [0.3, 0.4) is 0 Å². The molecule has 0 aliphatic rings. The fraction of sp³-hybridized carbons (Fsp3) is 0.286. The van der Waals surface area contributed by atoms with Gasteiger partial charge >= 0.3 is 5.63 Å². The Morgan fingerprint density at radius 1 is 1.50 bits per heavy atom. The van der Waals surface area contributed by atoms with Crippen LogP contribution in [-0.2, 0) is 4.74 Å². The first-order valence-corrected chi connectivity index (χ1v) is 6.43. The van der Waals surface area contributed by atoms with Crippen molar-refractivity contribution < 1.29 is 13.9 Å². The Morgan fingerprint density at radius 2 is 2.25 bits per heavy atom. The summed E-state index contributed by atoms with van der Waals surface area (Å²) in [5.74, 6) is -0.495. The van der Waals surface area contributed by atoms with Gasteiger partial charge in [0.25, 0.3) is 5.91 Å². The molecule has 106 valence electrons. The number of carbonyl (C=O) groups excluding carboxylic acids is 1. The molecule has 0 saturated carbocycles. The Kier molecular flexibility index (Phi) is 4.42. The molecule has 2 aromatic rings. The highest BCUT2D eigenvalue weighted by Gasteiger charge is 2.16. The minimum absolute atomic E-state index is 0.0530. The van der Waals surface area contributed by atoms with E-state index in [-0.39, 0.29) is 17.2 Å². The van der Waals surface area contributed by atoms with Crippen molar-refractivity contribution >= 4 is 28.5 Å². The number of hydrogen-bond donors (Lipinski definition) is 1. The van der Waals surface area contributed by atoms with Crippen LogP contribution in [0.1, 0.15) is 17.3 Å². The molecule has 0 aliphatic heterocycles. The van der Waals surface area contributed by atoms with Crippen molar-refractivity contribution in [2.75, 3.05) is 13.7 Å². The minimum Gasteiger partial charge on any atom is -0.421 e. The number of fused-ring (bicyclic) bond motifs is 1. The molecule has 1 N–H and O–H groups in total. The van der Waals surface area contributed by atoms with Crippen LogP contribution in [0.4, 0.5) is 0 Å². The summed E-state index contributed by atoms with van der Waals surface area (Å²) in [5, 5.41) is 3.59. The van der Waals surface area contributed by atoms with E-state index in [2.05, 4.69) is 5.32 Å². The van der Waals surface area contributed by atoms with Crippen molar-refractivity contribution in [2.24, 2.45) is 0 Å². The largest absolute Gasteiger partial charge is 0.421 e. The van der Waals surface area contributed by atoms with Gasteiger partial charge in [-0.2, -0.15) is 0 Å². The zero-order valence-corrected chi connectivity index (χ0v) is 11.9. The molecule has 1 aromatic heterocycles. The second-order valence-electron chi connectivity index (χ2n) is 4.44. The maximum Gasteiger partial charge on any atom is 0.349 e. The number of carbonyl (C=O) groups is 1. The molecular formula is C14H14ClNO4. The monoisotopic (exact) mass is 295 g/mol. The Morgan fingerprint density at radius 3 is 2.95 bits per heavy atom. The van der Waals surface area contributed by atoms with Crippen molar-refractivity contribution in [1.29, 1.82) is 0 Å². The zero-order valence-electron chi connectivity index (χ0n) is 11.1. The lowest BCUT2D eigenvalue weighted by Crippen LogP contribution is -2.37. The van der Waals surface area contributed by atoms with Crippen LogP contribution in [0.15, 0.2) is 33.5 Å². The second kappa shape index (κ2) is 6.07. The normalized spacial score (nSPS) is 12.3. The highest BCUT2D eigenvalue weighted by molar-refractivity contribution is 6.34. The lowest BCUT2D eigenvalue weighted by Gasteiger charge is -2.12. The van der Waals surface area contributed by atoms with E-state index < -0.39 is 11.5 Å². The van der Waals surface area contributed by atoms with Crippen LogP contribution in [-0.4, -0.2) is 25.7 Å². The molecule has 1 heterocycles. The number of ether oxygens (including phenoxy) is 1. The van der Waals surface area contributed by atoms with E-state index in [1.54, 1.807) is 25.1 Å². The van der Waals surface area contributed by atoms with Gasteiger partial charge in [0.05, 0.1) is 11.6 Å². The van der Waals surface area contributed by atoms with Gasteiger partial charge in [-0.1, -0.05) is 23.7 Å². The van der Waals surface area contributed by atoms with Crippen molar-refractivity contribution in [2.45, 2.75) is 13.0 Å². The number of rotatable bonds is 4. The standard InChI is InChI=1S/C14H14ClNO4/c1-8(7-19-2)16-13(17)10-6-9-4-3-5-11(15)12(9)20-14(10)18/h3-6,8H,7H2,1-2H3,(H,16,17). The SMILES string of the molecule is COCC(C)NC(=O)c1cc2cccc(Cl)c2oc1=O. The van der Waals surface area contributed by atoms with Crippen LogP contribution >= 0.6 is 11.6 Å². The van der Waals surface area contributed by atoms with Crippen LogP contribution in [0.5, 0.6) is 0 Å². The topological polar surface area (TPSA) is 68.5 Å². The van der Waals surface area contributed by atoms with Crippen molar-refractivity contribution in [3.63, 3.8) is 0 Å². The number of amides is 1. The Hall–Kier alpha value is -1.85. The Bertz CT molecular complexity index is 695. The molecule has 0 spiro atoms. The maximum absolute atomic E-state index is 12.0. The number of benzene rings is 1. The zero-order chi connectivity index (χ0) is 14.7. The van der Waals surface area contributed by atoms with E-state index in [0.717, 1.165) is 0 Å². The fourth-order valence-corrected chi connectivity index (χ4v) is 2.08. The smallest absolute Gasteiger partial charge is 0.349 e. The molecule has 1 aromatic carbocycles. The lowest BCUT2D eigenvalue weighted by atomic mass is 10.1. The molecular weight excluding hydrogens is 282 g/mol. The van der Waals surface area contributed by atoms with Gasteiger partial charge in [-0.25, -0.2) is 4.79 Å². The molecule has 2 rings (SSSR count). The first-order valence-electron chi connectivity index (χ1n) is 6.05. The third-order valence-electron chi connectivity index (χ3n) is 2.75. The van der Waals surface area contributed by atoms with Gasteiger partial charge in [0.2, 0.25) is 0 Å². The molecule has 6 heteroatoms. The molecule has 1 atom stereocenters. The third-order valence-corrected chi connectivity index (χ3v) is 3.05. The predicted octanol–water partition coefficient (Wildman–Crippen LogP) is 2.21. The number of halogens is 1. The molecule has 0 aliphatic carbocycles. The summed E-state index contributed by atoms with van der Waals surface area (Å²) in [5.41, 5.74) is -0.490. The summed E-state index contributed by atoms with van der Waals surface area (Å²) in [7, 11) is 1.54. The van der Waals surface area contributed by atoms with Crippen molar-refractivity contribution in [1.82, 2.24) is 5.32 Å². The molecule has 0 bridgehead atoms. The average molecular weight is 296 g/mol. The van der Waals surface area contributed by atoms with E-state index in [9.17, 15) is 9.59 Å². The van der Waals surface area contributed by atoms with E-state index in [0.29, 0.717) is 17.0 Å². The highest BCUT2D eigenvalue weighted by atomic mass is 35.5. The van der Waals surface area contributed by atoms with Crippen molar-refractivity contribution in [3.05, 3.63) is 45.3 Å². The minimum atomic E-state index is -0.715. The third kappa shape index (κ3) is 3.00. The van der Waals surface area contributed by atoms with Crippen molar-refractivity contribution in [3.8, 4) is 0 Å². The first kappa shape index (κ1) is 14.6. The van der Waals surface area contributed by atoms with Gasteiger partial charge in [0.1, 0.15) is 5.56 Å². The number of hydrogen-bond acceptors (Lipinski definition) is 4. The van der Waals surface area contributed by atoms with E-state index in [1.165, 1.54) is 13.2 Å². The number of methoxy groups -OCH3 is 1. The summed E-state index contributed by atoms with van der Waals surface area (Å²) in [6.45, 7) is 2.14. The molecule has 0 fully saturated rings. The van der Waals surface area contributed by atoms with Gasteiger partial charge in [-0.15, -0.1) is 0 Å². The summed E-state index contributed by atoms with van der Waals surface area (Å²) in [6, 6.07) is 6.33. The summed E-state index contributed by atoms with van der Waals surface area (Å²) in [4.78, 5) is 23.9. The number of nitrogens with one attached hydrogen (secondary N) is 1. The second-order valence-corrected chi connectivity index (χ2v) is 4.84. The molecule has 1 amide bonds. The van der Waals surface area contributed by atoms with E-state index in [4.69, 9.17) is 20.8 Å². The summed E-state index contributed by atoms with van der Waals surface area (Å²) < 4.78 is 10.0. The molecule has 0 saturated heterocycles. The van der Waals surface area contributed by atoms with Crippen LogP contribution in [0, 0.1) is 0 Å². The van der Waals surface area contributed by atoms with Crippen LogP contribution in [0.2, 0.25) is 5.02 Å². The van der Waals surface area contributed by atoms with E-state index in [1.807, 2.05) is 0 Å². The van der Waals surface area contributed by atoms with Crippen LogP contribution < -0.4 is 10.9 Å². The maximum atomic E-state index is 12.0. The van der Waals surface area contributed by atoms with E-state index >= 15 is 0 Å². The highest BCUT2D eigenvalue weighted by Crippen LogP contribution is 2.22. The predicted molar refractivity (Wildman–Crippen MR) is 76.3 cm³/mol. The molecule has 20 heavy (non-hydrogen) atoms. The van der Waals surface area contributed by atoms with Gasteiger partial charge in [-0.3, -0.25) is 4.79 Å². The summed E-state index contributed by atoms with van der Waals surface area (Å²) in [6.07, 6.45) is 0. The Labute approximate surface area is 120 Å². The first-order chi connectivity index (χ1) is 9.52. The van der Waals surface area contributed by atoms with Gasteiger partial charge in [0, 0.05) is 18.5 Å². The lowest BCUT2D eigenvalue weighted by molar-refractivity contribution is 0.0902. The summed E-state index contributed by atoms with van der Waals surface area (Å²) >= 11 is 5.94. The van der Waals surface area contributed by atoms with Crippen LogP contribution in [0.25, 0.3) is 11.0 Å². The molecule has 5 nitrogen and oxygen atoms in total. The van der Waals surface area contributed by atoms with Gasteiger partial charge in [-0.05, 0) is 19.1 Å². The Balaban J connectivity index is 2.38. The van der Waals surface area contributed by atoms with Gasteiger partial charge < -0.3 is 14.5 Å². The van der Waals surface area contributed by atoms with Gasteiger partial charge in [0.15, 0.2) is 5.58 Å². The molecule has 0 radical (unpaired) electrons. The number of para-hydroxylation sites is 1. The molecule has 1 unspecified atom stereocenters. The average Bonchev–Trinajstić information content (AvgIpc) is 2.39. The fourth-order valence-electron chi connectivity index (χ4n) is 1.86.